The van der Waals surface area contributed by atoms with Gasteiger partial charge in [0.15, 0.2) is 0 Å². The molecule has 0 bridgehead atoms. The average molecular weight is 275 g/mol. The van der Waals surface area contributed by atoms with Gasteiger partial charge in [-0.05, 0) is 30.5 Å². The molecule has 0 aliphatic carbocycles. The monoisotopic (exact) mass is 274 g/mol. The number of fused-ring (bicyclic) bond motifs is 1. The first-order chi connectivity index (χ1) is 9.27. The van der Waals surface area contributed by atoms with Gasteiger partial charge in [0, 0.05) is 11.8 Å². The van der Waals surface area contributed by atoms with Crippen molar-refractivity contribution in [3.63, 3.8) is 0 Å². The van der Waals surface area contributed by atoms with Crippen molar-refractivity contribution in [3.05, 3.63) is 58.4 Å². The van der Waals surface area contributed by atoms with Crippen molar-refractivity contribution in [1.82, 2.24) is 4.98 Å². The summed E-state index contributed by atoms with van der Waals surface area (Å²) in [5, 5.41) is 0.586. The molecule has 1 aliphatic heterocycles. The fraction of sp³-hybridized carbons (Fsp3) is 0.267. The molecular weight excluding hydrogens is 260 g/mol. The molecule has 0 saturated carbocycles. The average Bonchev–Trinajstić information content (AvgIpc) is 2.46. The summed E-state index contributed by atoms with van der Waals surface area (Å²) in [7, 11) is 0. The van der Waals surface area contributed by atoms with Crippen molar-refractivity contribution in [2.45, 2.75) is 18.9 Å². The number of pyridine rings is 1. The number of aryl methyl sites for hydroxylation is 1. The Morgan fingerprint density at radius 1 is 1.26 bits per heavy atom. The molecular formula is C15H15ClN2O. The van der Waals surface area contributed by atoms with Crippen molar-refractivity contribution >= 4 is 11.6 Å². The number of rotatable bonds is 2. The van der Waals surface area contributed by atoms with Gasteiger partial charge in [-0.25, -0.2) is 0 Å². The fourth-order valence-electron chi connectivity index (χ4n) is 2.43. The number of para-hydroxylation sites is 1. The van der Waals surface area contributed by atoms with Crippen molar-refractivity contribution in [1.29, 1.82) is 0 Å². The molecule has 1 aromatic heterocycles. The van der Waals surface area contributed by atoms with E-state index >= 15 is 0 Å². The van der Waals surface area contributed by atoms with E-state index in [-0.39, 0.29) is 6.04 Å². The molecule has 98 valence electrons. The minimum Gasteiger partial charge on any atom is -0.493 e. The van der Waals surface area contributed by atoms with Crippen LogP contribution in [0.3, 0.4) is 0 Å². The standard InChI is InChI=1S/C15H15ClN2O/c16-12-7-2-8-18-14(12)13(17)11-6-1-4-10-5-3-9-19-15(10)11/h1-2,4,6-8,13H,3,5,9,17H2. The lowest BCUT2D eigenvalue weighted by molar-refractivity contribution is 0.284. The summed E-state index contributed by atoms with van der Waals surface area (Å²) < 4.78 is 5.79. The number of halogens is 1. The number of nitrogens with zero attached hydrogens (tertiary/aromatic N) is 1. The highest BCUT2D eigenvalue weighted by Crippen LogP contribution is 2.35. The van der Waals surface area contributed by atoms with Crippen LogP contribution in [0.5, 0.6) is 5.75 Å². The van der Waals surface area contributed by atoms with E-state index in [4.69, 9.17) is 22.1 Å². The molecule has 2 aromatic rings. The van der Waals surface area contributed by atoms with Gasteiger partial charge in [-0.1, -0.05) is 29.8 Å². The largest absolute Gasteiger partial charge is 0.493 e. The Balaban J connectivity index is 2.05. The van der Waals surface area contributed by atoms with Crippen LogP contribution in [0, 0.1) is 0 Å². The molecule has 0 spiro atoms. The number of hydrogen-bond donors (Lipinski definition) is 1. The number of benzene rings is 1. The molecule has 0 amide bonds. The van der Waals surface area contributed by atoms with E-state index in [0.717, 1.165) is 30.8 Å². The molecule has 19 heavy (non-hydrogen) atoms. The first-order valence-electron chi connectivity index (χ1n) is 6.38. The normalized spacial score (nSPS) is 15.5. The van der Waals surface area contributed by atoms with Crippen LogP contribution in [-0.4, -0.2) is 11.6 Å². The summed E-state index contributed by atoms with van der Waals surface area (Å²) in [4.78, 5) is 4.29. The Bertz CT molecular complexity index is 600. The van der Waals surface area contributed by atoms with E-state index in [9.17, 15) is 0 Å². The van der Waals surface area contributed by atoms with Crippen LogP contribution in [0.1, 0.15) is 29.3 Å². The minimum atomic E-state index is -0.359. The second kappa shape index (κ2) is 5.19. The SMILES string of the molecule is NC(c1cccc2c1OCCC2)c1ncccc1Cl. The minimum absolute atomic E-state index is 0.359. The zero-order valence-corrected chi connectivity index (χ0v) is 11.2. The Hall–Kier alpha value is -1.58. The number of nitrogens with two attached hydrogens (primary N) is 1. The maximum Gasteiger partial charge on any atom is 0.127 e. The molecule has 0 saturated heterocycles. The van der Waals surface area contributed by atoms with Crippen molar-refractivity contribution in [2.75, 3.05) is 6.61 Å². The summed E-state index contributed by atoms with van der Waals surface area (Å²) >= 11 is 6.17. The molecule has 0 radical (unpaired) electrons. The van der Waals surface area contributed by atoms with Crippen molar-refractivity contribution in [3.8, 4) is 5.75 Å². The molecule has 0 fully saturated rings. The van der Waals surface area contributed by atoms with Gasteiger partial charge in [0.2, 0.25) is 0 Å². The number of hydrogen-bond acceptors (Lipinski definition) is 3. The van der Waals surface area contributed by atoms with E-state index in [1.807, 2.05) is 12.1 Å². The second-order valence-corrected chi connectivity index (χ2v) is 5.04. The molecule has 1 aliphatic rings. The number of ether oxygens (including phenoxy) is 1. The van der Waals surface area contributed by atoms with E-state index in [2.05, 4.69) is 11.1 Å². The first kappa shape index (κ1) is 12.5. The predicted octanol–water partition coefficient (Wildman–Crippen LogP) is 3.11. The van der Waals surface area contributed by atoms with Crippen molar-refractivity contribution < 1.29 is 4.74 Å². The van der Waals surface area contributed by atoms with Crippen LogP contribution >= 0.6 is 11.6 Å². The Labute approximate surface area is 117 Å². The van der Waals surface area contributed by atoms with Gasteiger partial charge in [0.1, 0.15) is 5.75 Å². The molecule has 4 heteroatoms. The summed E-state index contributed by atoms with van der Waals surface area (Å²) in [6, 6.07) is 9.33. The van der Waals surface area contributed by atoms with Crippen LogP contribution in [0.2, 0.25) is 5.02 Å². The van der Waals surface area contributed by atoms with Gasteiger partial charge in [-0.15, -0.1) is 0 Å². The lowest BCUT2D eigenvalue weighted by Gasteiger charge is -2.23. The summed E-state index contributed by atoms with van der Waals surface area (Å²) in [6.07, 6.45) is 3.79. The Kier molecular flexibility index (Phi) is 3.40. The highest BCUT2D eigenvalue weighted by molar-refractivity contribution is 6.31. The lowest BCUT2D eigenvalue weighted by atomic mass is 9.96. The second-order valence-electron chi connectivity index (χ2n) is 4.64. The third kappa shape index (κ3) is 2.31. The Morgan fingerprint density at radius 3 is 3.00 bits per heavy atom. The highest BCUT2D eigenvalue weighted by atomic mass is 35.5. The third-order valence-electron chi connectivity index (χ3n) is 3.38. The van der Waals surface area contributed by atoms with Crippen LogP contribution in [0.25, 0.3) is 0 Å². The predicted molar refractivity (Wildman–Crippen MR) is 75.5 cm³/mol. The van der Waals surface area contributed by atoms with E-state index in [1.165, 1.54) is 5.56 Å². The third-order valence-corrected chi connectivity index (χ3v) is 3.70. The molecule has 1 unspecified atom stereocenters. The smallest absolute Gasteiger partial charge is 0.127 e. The van der Waals surface area contributed by atoms with Crippen LogP contribution in [0.4, 0.5) is 0 Å². The summed E-state index contributed by atoms with van der Waals surface area (Å²) in [5.74, 6) is 0.906. The van der Waals surface area contributed by atoms with E-state index in [1.54, 1.807) is 18.3 Å². The molecule has 2 heterocycles. The van der Waals surface area contributed by atoms with Gasteiger partial charge in [-0.3, -0.25) is 4.98 Å². The number of aromatic nitrogens is 1. The molecule has 1 atom stereocenters. The molecule has 1 aromatic carbocycles. The van der Waals surface area contributed by atoms with Crippen LogP contribution in [0.15, 0.2) is 36.5 Å². The summed E-state index contributed by atoms with van der Waals surface area (Å²) in [6.45, 7) is 0.743. The van der Waals surface area contributed by atoms with Gasteiger partial charge in [0.25, 0.3) is 0 Å². The summed E-state index contributed by atoms with van der Waals surface area (Å²) in [5.41, 5.74) is 9.17. The fourth-order valence-corrected chi connectivity index (χ4v) is 2.67. The maximum atomic E-state index is 6.31. The quantitative estimate of drug-likeness (QED) is 0.915. The van der Waals surface area contributed by atoms with Gasteiger partial charge in [0.05, 0.1) is 23.4 Å². The topological polar surface area (TPSA) is 48.1 Å². The molecule has 3 rings (SSSR count). The first-order valence-corrected chi connectivity index (χ1v) is 6.76. The van der Waals surface area contributed by atoms with Crippen molar-refractivity contribution in [2.24, 2.45) is 5.73 Å². The van der Waals surface area contributed by atoms with Crippen LogP contribution < -0.4 is 10.5 Å². The van der Waals surface area contributed by atoms with Gasteiger partial charge >= 0.3 is 0 Å². The van der Waals surface area contributed by atoms with E-state index in [0.29, 0.717) is 10.7 Å². The molecule has 2 N–H and O–H groups in total. The highest BCUT2D eigenvalue weighted by Gasteiger charge is 2.21. The Morgan fingerprint density at radius 2 is 2.16 bits per heavy atom. The zero-order valence-electron chi connectivity index (χ0n) is 10.5. The maximum absolute atomic E-state index is 6.31. The van der Waals surface area contributed by atoms with E-state index < -0.39 is 0 Å². The van der Waals surface area contributed by atoms with Gasteiger partial charge in [-0.2, -0.15) is 0 Å². The van der Waals surface area contributed by atoms with Crippen LogP contribution in [-0.2, 0) is 6.42 Å². The lowest BCUT2D eigenvalue weighted by Crippen LogP contribution is -2.18. The van der Waals surface area contributed by atoms with Gasteiger partial charge < -0.3 is 10.5 Å². The zero-order chi connectivity index (χ0) is 13.2. The molecule has 3 nitrogen and oxygen atoms in total.